The van der Waals surface area contributed by atoms with E-state index >= 15 is 0 Å². The molecule has 0 bridgehead atoms. The number of hydrogen-bond acceptors (Lipinski definition) is 0. The maximum atomic E-state index is 2.92. The Balaban J connectivity index is 2.27. The monoisotopic (exact) mass is 224 g/mol. The molecule has 0 saturated heterocycles. The molecule has 0 aromatic heterocycles. The van der Waals surface area contributed by atoms with Gasteiger partial charge in [0.05, 0.1) is 0 Å². The zero-order valence-corrected chi connectivity index (χ0v) is 11.8. The van der Waals surface area contributed by atoms with Gasteiger partial charge in [-0.25, -0.2) is 0 Å². The molecule has 3 atom stereocenters. The van der Waals surface area contributed by atoms with E-state index in [1.807, 2.05) is 0 Å². The lowest BCUT2D eigenvalue weighted by atomic mass is 9.88. The minimum Gasteiger partial charge on any atom is -0.142 e. The molecule has 0 spiro atoms. The third-order valence-electron chi connectivity index (χ3n) is 3.57. The summed E-state index contributed by atoms with van der Waals surface area (Å²) in [4.78, 5) is 0. The number of allylic oxidation sites excluding steroid dienone is 2. The number of rotatable bonds is 7. The Bertz CT molecular complexity index is 207. The second kappa shape index (κ2) is 6.74. The van der Waals surface area contributed by atoms with E-state index in [0.717, 1.165) is 17.4 Å². The fourth-order valence-corrected chi connectivity index (χ4v) is 2.20. The van der Waals surface area contributed by atoms with Crippen LogP contribution in [0.5, 0.6) is 0 Å². The van der Waals surface area contributed by atoms with E-state index in [1.54, 1.807) is 5.57 Å². The maximum absolute atomic E-state index is 2.92. The highest BCUT2D eigenvalue weighted by Gasteiger charge is 2.24. The van der Waals surface area contributed by atoms with E-state index in [4.69, 9.17) is 0 Å². The predicted octanol–water partition coefficient (Wildman–Crippen LogP) is 3.37. The van der Waals surface area contributed by atoms with Gasteiger partial charge in [0.15, 0.2) is 0 Å². The fourth-order valence-electron chi connectivity index (χ4n) is 2.01. The first-order valence-corrected chi connectivity index (χ1v) is 7.26. The molecule has 15 heavy (non-hydrogen) atoms. The zero-order chi connectivity index (χ0) is 11.3. The second-order valence-electron chi connectivity index (χ2n) is 5.22. The lowest BCUT2D eigenvalue weighted by Crippen LogP contribution is -2.09. The van der Waals surface area contributed by atoms with E-state index in [9.17, 15) is 0 Å². The quantitative estimate of drug-likeness (QED) is 0.353. The summed E-state index contributed by atoms with van der Waals surface area (Å²) in [7, 11) is 5.22. The lowest BCUT2D eigenvalue weighted by molar-refractivity contribution is 0.577. The van der Waals surface area contributed by atoms with Gasteiger partial charge in [0.25, 0.3) is 0 Å². The van der Waals surface area contributed by atoms with Crippen LogP contribution in [0, 0.1) is 11.8 Å². The molecule has 1 rings (SSSR count). The van der Waals surface area contributed by atoms with Gasteiger partial charge in [-0.1, -0.05) is 37.5 Å². The molecule has 2 heteroatoms. The molecule has 0 radical (unpaired) electrons. The van der Waals surface area contributed by atoms with Gasteiger partial charge in [-0.15, -0.1) is 9.24 Å². The van der Waals surface area contributed by atoms with Crippen molar-refractivity contribution in [1.29, 1.82) is 0 Å². The normalized spacial score (nSPS) is 21.4. The van der Waals surface area contributed by atoms with Crippen molar-refractivity contribution in [1.82, 2.24) is 0 Å². The van der Waals surface area contributed by atoms with Crippen molar-refractivity contribution in [2.75, 3.05) is 0 Å². The molecule has 0 N–H and O–H groups in total. The Morgan fingerprint density at radius 3 is 2.67 bits per heavy atom. The van der Waals surface area contributed by atoms with Gasteiger partial charge >= 0.3 is 0 Å². The molecule has 0 heterocycles. The predicted molar refractivity (Wildman–Crippen MR) is 76.2 cm³/mol. The minimum absolute atomic E-state index is 0.758. The molecule has 0 aliphatic heterocycles. The molecule has 1 saturated carbocycles. The molecule has 1 aliphatic carbocycles. The van der Waals surface area contributed by atoms with Crippen molar-refractivity contribution in [3.8, 4) is 0 Å². The van der Waals surface area contributed by atoms with Crippen molar-refractivity contribution in [2.24, 2.45) is 11.8 Å². The average molecular weight is 224 g/mol. The Morgan fingerprint density at radius 2 is 2.20 bits per heavy atom. The number of hydrogen-bond donors (Lipinski definition) is 0. The van der Waals surface area contributed by atoms with Gasteiger partial charge in [0.1, 0.15) is 7.85 Å². The van der Waals surface area contributed by atoms with Crippen LogP contribution in [0.25, 0.3) is 0 Å². The molecule has 86 valence electrons. The summed E-state index contributed by atoms with van der Waals surface area (Å²) in [6.07, 6.45) is 10.8. The van der Waals surface area contributed by atoms with E-state index in [2.05, 4.69) is 37.0 Å². The summed E-state index contributed by atoms with van der Waals surface area (Å²) in [5.41, 5.74) is 2.52. The second-order valence-corrected chi connectivity index (χ2v) is 6.27. The highest BCUT2D eigenvalue weighted by Crippen LogP contribution is 2.39. The average Bonchev–Trinajstić information content (AvgIpc) is 2.99. The summed E-state index contributed by atoms with van der Waals surface area (Å²) in [5.74, 6) is 1.82. The van der Waals surface area contributed by atoms with Gasteiger partial charge in [0.2, 0.25) is 0 Å². The van der Waals surface area contributed by atoms with Crippen molar-refractivity contribution >= 4 is 17.1 Å². The van der Waals surface area contributed by atoms with Crippen LogP contribution in [0.4, 0.5) is 0 Å². The Hall–Kier alpha value is 0.235. The van der Waals surface area contributed by atoms with E-state index in [0.29, 0.717) is 0 Å². The minimum atomic E-state index is 0.758. The fraction of sp³-hybridized carbons (Fsp3) is 0.846. The van der Waals surface area contributed by atoms with Crippen LogP contribution in [0.3, 0.4) is 0 Å². The summed E-state index contributed by atoms with van der Waals surface area (Å²) in [6.45, 7) is 4.66. The largest absolute Gasteiger partial charge is 0.142 e. The van der Waals surface area contributed by atoms with Crippen molar-refractivity contribution in [3.05, 3.63) is 11.6 Å². The molecule has 0 aromatic rings. The molecule has 1 fully saturated rings. The highest BCUT2D eigenvalue weighted by atomic mass is 31.0. The van der Waals surface area contributed by atoms with E-state index in [-0.39, 0.29) is 0 Å². The molecular weight excluding hydrogens is 198 g/mol. The first-order chi connectivity index (χ1) is 7.15. The first kappa shape index (κ1) is 13.3. The zero-order valence-electron chi connectivity index (χ0n) is 10.6. The van der Waals surface area contributed by atoms with Crippen LogP contribution in [-0.4, -0.2) is 13.4 Å². The third-order valence-corrected chi connectivity index (χ3v) is 4.22. The highest BCUT2D eigenvalue weighted by molar-refractivity contribution is 7.20. The van der Waals surface area contributed by atoms with E-state index in [1.165, 1.54) is 38.5 Å². The summed E-state index contributed by atoms with van der Waals surface area (Å²) < 4.78 is 0. The molecule has 3 unspecified atom stereocenters. The van der Waals surface area contributed by atoms with E-state index < -0.39 is 0 Å². The van der Waals surface area contributed by atoms with Gasteiger partial charge in [0, 0.05) is 0 Å². The molecule has 0 aromatic carbocycles. The summed E-state index contributed by atoms with van der Waals surface area (Å²) in [6, 6.07) is 0. The van der Waals surface area contributed by atoms with Crippen LogP contribution in [0.2, 0.25) is 0 Å². The van der Waals surface area contributed by atoms with Crippen LogP contribution < -0.4 is 0 Å². The summed E-state index contributed by atoms with van der Waals surface area (Å²) in [5, 5.41) is 0. The van der Waals surface area contributed by atoms with Crippen LogP contribution >= 0.6 is 9.24 Å². The van der Waals surface area contributed by atoms with Crippen LogP contribution in [-0.2, 0) is 0 Å². The van der Waals surface area contributed by atoms with Crippen molar-refractivity contribution in [3.63, 3.8) is 0 Å². The Kier molecular flexibility index (Phi) is 5.98. The first-order valence-electron chi connectivity index (χ1n) is 6.59. The van der Waals surface area contributed by atoms with Gasteiger partial charge in [-0.2, -0.15) is 0 Å². The molecular formula is C13H26BP. The van der Waals surface area contributed by atoms with Gasteiger partial charge in [-0.05, 0) is 43.9 Å². The Labute approximate surface area is 98.9 Å². The van der Waals surface area contributed by atoms with Crippen LogP contribution in [0.15, 0.2) is 11.6 Å². The smallest absolute Gasteiger partial charge is 0.110 e. The van der Waals surface area contributed by atoms with Gasteiger partial charge in [-0.3, -0.25) is 0 Å². The SMILES string of the molecule is BC(P)C(C)CC/C=C(\CCC)C1CC1. The maximum Gasteiger partial charge on any atom is 0.110 e. The summed E-state index contributed by atoms with van der Waals surface area (Å²) >= 11 is 0. The molecule has 0 nitrogen and oxygen atoms in total. The third kappa shape index (κ3) is 5.20. The lowest BCUT2D eigenvalue weighted by Gasteiger charge is -2.14. The standard InChI is InChI=1S/C13H26BP/c1-3-5-11(12-8-9-12)7-4-6-10(2)13(14)15/h7,10,12-13H,3-6,8-9,14-15H2,1-2H3/b11-7+. The van der Waals surface area contributed by atoms with Crippen molar-refractivity contribution < 1.29 is 0 Å². The molecule has 1 aliphatic rings. The van der Waals surface area contributed by atoms with Gasteiger partial charge < -0.3 is 0 Å². The molecule has 0 amide bonds. The van der Waals surface area contributed by atoms with Crippen molar-refractivity contribution in [2.45, 2.75) is 57.9 Å². The van der Waals surface area contributed by atoms with Crippen LogP contribution in [0.1, 0.15) is 52.4 Å². The topological polar surface area (TPSA) is 0 Å². The Morgan fingerprint density at radius 1 is 1.53 bits per heavy atom.